The van der Waals surface area contributed by atoms with Crippen molar-refractivity contribution >= 4 is 16.8 Å². The van der Waals surface area contributed by atoms with Crippen LogP contribution in [0.4, 0.5) is 0 Å². The summed E-state index contributed by atoms with van der Waals surface area (Å²) in [5.41, 5.74) is 3.50. The topological polar surface area (TPSA) is 118 Å². The summed E-state index contributed by atoms with van der Waals surface area (Å²) in [6.45, 7) is 2.05. The largest absolute Gasteiger partial charge is 0.497 e. The van der Waals surface area contributed by atoms with E-state index in [0.717, 1.165) is 28.2 Å². The van der Waals surface area contributed by atoms with Crippen LogP contribution in [0.25, 0.3) is 16.8 Å². The molecular formula is C33H32N6O5. The lowest BCUT2D eigenvalue weighted by Gasteiger charge is -2.37. The predicted molar refractivity (Wildman–Crippen MR) is 161 cm³/mol. The van der Waals surface area contributed by atoms with Crippen LogP contribution in [0.5, 0.6) is 11.5 Å². The number of hydrogen-bond donors (Lipinski definition) is 1. The Bertz CT molecular complexity index is 1830. The van der Waals surface area contributed by atoms with Crippen molar-refractivity contribution in [2.45, 2.75) is 31.0 Å². The van der Waals surface area contributed by atoms with Gasteiger partial charge in [-0.3, -0.25) is 4.57 Å². The third-order valence-corrected chi connectivity index (χ3v) is 8.44. The Balaban J connectivity index is 1.26. The fraction of sp³-hybridized carbons (Fsp3) is 0.273. The summed E-state index contributed by atoms with van der Waals surface area (Å²) < 4.78 is 27.9. The Morgan fingerprint density at radius 2 is 1.43 bits per heavy atom. The lowest BCUT2D eigenvalue weighted by Crippen LogP contribution is -2.38. The summed E-state index contributed by atoms with van der Waals surface area (Å²) in [5.74, 6) is 1.20. The maximum Gasteiger partial charge on any atom is 0.186 e. The molecule has 11 heteroatoms. The molecule has 0 bridgehead atoms. The van der Waals surface area contributed by atoms with E-state index in [1.807, 2.05) is 90.4 Å². The van der Waals surface area contributed by atoms with Crippen LogP contribution in [0.2, 0.25) is 0 Å². The van der Waals surface area contributed by atoms with Crippen molar-refractivity contribution in [3.05, 3.63) is 115 Å². The molecule has 0 spiro atoms. The van der Waals surface area contributed by atoms with Crippen LogP contribution in [-0.2, 0) is 15.1 Å². The van der Waals surface area contributed by atoms with Gasteiger partial charge in [0.1, 0.15) is 42.1 Å². The molecule has 6 aromatic rings. The fourth-order valence-corrected chi connectivity index (χ4v) is 6.07. The normalized spacial score (nSPS) is 20.4. The first-order valence-electron chi connectivity index (χ1n) is 14.4. The standard InChI is InChI=1S/C33H32N6O5/c1-21-29(40)27(44-32(21)38-19-35-28-30(38)36-20-39-31(28)34-18-37-39)17-43-33(22-7-5-4-6-8-22,23-9-13-25(41-2)14-10-23)24-11-15-26(42-3)16-12-24/h4-16,18-21,27,29,32,40H,17H2,1-3H3/t21-,27-,29+,32-/m1/s1. The van der Waals surface area contributed by atoms with E-state index in [1.54, 1.807) is 31.4 Å². The number of rotatable bonds is 9. The molecule has 1 aliphatic rings. The molecule has 1 saturated heterocycles. The van der Waals surface area contributed by atoms with Crippen LogP contribution in [0.15, 0.2) is 97.8 Å². The van der Waals surface area contributed by atoms with Crippen LogP contribution < -0.4 is 9.47 Å². The van der Waals surface area contributed by atoms with Crippen LogP contribution in [-0.4, -0.2) is 67.3 Å². The van der Waals surface area contributed by atoms with E-state index in [9.17, 15) is 5.11 Å². The van der Waals surface area contributed by atoms with E-state index >= 15 is 0 Å². The molecule has 7 rings (SSSR count). The Kier molecular flexibility index (Phi) is 7.21. The minimum Gasteiger partial charge on any atom is -0.497 e. The van der Waals surface area contributed by atoms with Gasteiger partial charge in [-0.1, -0.05) is 61.5 Å². The second-order valence-electron chi connectivity index (χ2n) is 10.8. The van der Waals surface area contributed by atoms with Gasteiger partial charge in [-0.15, -0.1) is 0 Å². The summed E-state index contributed by atoms with van der Waals surface area (Å²) >= 11 is 0. The van der Waals surface area contributed by atoms with Crippen LogP contribution >= 0.6 is 0 Å². The zero-order chi connectivity index (χ0) is 30.3. The monoisotopic (exact) mass is 592 g/mol. The summed E-state index contributed by atoms with van der Waals surface area (Å²) in [4.78, 5) is 13.4. The van der Waals surface area contributed by atoms with E-state index in [0.29, 0.717) is 16.8 Å². The number of imidazole rings is 1. The maximum atomic E-state index is 11.5. The van der Waals surface area contributed by atoms with Gasteiger partial charge in [0, 0.05) is 5.92 Å². The second kappa shape index (κ2) is 11.3. The minimum atomic E-state index is -1.03. The van der Waals surface area contributed by atoms with E-state index in [1.165, 1.54) is 6.33 Å². The highest BCUT2D eigenvalue weighted by Crippen LogP contribution is 2.43. The molecule has 224 valence electrons. The number of hydrogen-bond acceptors (Lipinski definition) is 9. The second-order valence-corrected chi connectivity index (χ2v) is 10.8. The SMILES string of the molecule is COc1ccc(C(OC[C@H]2O[C@@H](n3cnc4c3ncn3ncnc43)[C@H](C)[C@@H]2O)(c2ccccc2)c2ccc(OC)cc2)cc1. The lowest BCUT2D eigenvalue weighted by molar-refractivity contribution is -0.0934. The number of benzene rings is 3. The van der Waals surface area contributed by atoms with Gasteiger partial charge in [-0.2, -0.15) is 5.10 Å². The number of nitrogens with zero attached hydrogens (tertiary/aromatic N) is 6. The molecule has 0 aliphatic carbocycles. The molecule has 0 amide bonds. The number of aliphatic hydroxyl groups excluding tert-OH is 1. The van der Waals surface area contributed by atoms with Crippen LogP contribution in [0.1, 0.15) is 29.8 Å². The molecule has 4 atom stereocenters. The Labute approximate surface area is 253 Å². The highest BCUT2D eigenvalue weighted by atomic mass is 16.6. The molecule has 44 heavy (non-hydrogen) atoms. The highest BCUT2D eigenvalue weighted by Gasteiger charge is 2.45. The maximum absolute atomic E-state index is 11.5. The van der Waals surface area contributed by atoms with Gasteiger partial charge in [0.05, 0.1) is 33.3 Å². The van der Waals surface area contributed by atoms with Crippen molar-refractivity contribution in [2.24, 2.45) is 5.92 Å². The first-order valence-corrected chi connectivity index (χ1v) is 14.4. The number of fused-ring (bicyclic) bond motifs is 3. The summed E-state index contributed by atoms with van der Waals surface area (Å²) in [6, 6.07) is 25.7. The van der Waals surface area contributed by atoms with Crippen molar-refractivity contribution in [3.8, 4) is 11.5 Å². The Morgan fingerprint density at radius 3 is 2.07 bits per heavy atom. The summed E-state index contributed by atoms with van der Waals surface area (Å²) in [5, 5.41) is 15.6. The van der Waals surface area contributed by atoms with Crippen LogP contribution in [0, 0.1) is 5.92 Å². The molecular weight excluding hydrogens is 560 g/mol. The molecule has 0 saturated carbocycles. The van der Waals surface area contributed by atoms with Gasteiger partial charge in [0.15, 0.2) is 16.8 Å². The number of methoxy groups -OCH3 is 2. The van der Waals surface area contributed by atoms with Crippen molar-refractivity contribution in [2.75, 3.05) is 20.8 Å². The van der Waals surface area contributed by atoms with Gasteiger partial charge in [-0.25, -0.2) is 19.5 Å². The molecule has 1 N–H and O–H groups in total. The zero-order valence-electron chi connectivity index (χ0n) is 24.5. The van der Waals surface area contributed by atoms with E-state index in [4.69, 9.17) is 18.9 Å². The molecule has 3 aromatic heterocycles. The Hall–Kier alpha value is -4.84. The average molecular weight is 593 g/mol. The smallest absolute Gasteiger partial charge is 0.186 e. The van der Waals surface area contributed by atoms with Crippen molar-refractivity contribution in [1.82, 2.24) is 29.1 Å². The third kappa shape index (κ3) is 4.57. The zero-order valence-corrected chi connectivity index (χ0v) is 24.5. The van der Waals surface area contributed by atoms with E-state index in [-0.39, 0.29) is 12.5 Å². The Morgan fingerprint density at radius 1 is 0.795 bits per heavy atom. The van der Waals surface area contributed by atoms with Gasteiger partial charge in [-0.05, 0) is 41.0 Å². The molecule has 0 unspecified atom stereocenters. The number of ether oxygens (including phenoxy) is 4. The van der Waals surface area contributed by atoms with Crippen LogP contribution in [0.3, 0.4) is 0 Å². The molecule has 1 fully saturated rings. The summed E-state index contributed by atoms with van der Waals surface area (Å²) in [6.07, 6.45) is 2.77. The molecule has 4 heterocycles. The third-order valence-electron chi connectivity index (χ3n) is 8.44. The molecule has 11 nitrogen and oxygen atoms in total. The van der Waals surface area contributed by atoms with Gasteiger partial charge >= 0.3 is 0 Å². The predicted octanol–water partition coefficient (Wildman–Crippen LogP) is 4.39. The first-order chi connectivity index (χ1) is 21.5. The summed E-state index contributed by atoms with van der Waals surface area (Å²) in [7, 11) is 3.28. The minimum absolute atomic E-state index is 0.101. The van der Waals surface area contributed by atoms with E-state index in [2.05, 4.69) is 20.1 Å². The van der Waals surface area contributed by atoms with Gasteiger partial charge < -0.3 is 24.1 Å². The van der Waals surface area contributed by atoms with Crippen molar-refractivity contribution in [3.63, 3.8) is 0 Å². The molecule has 1 aliphatic heterocycles. The highest BCUT2D eigenvalue weighted by molar-refractivity contribution is 5.84. The molecule has 3 aromatic carbocycles. The van der Waals surface area contributed by atoms with Crippen molar-refractivity contribution in [1.29, 1.82) is 0 Å². The quantitative estimate of drug-likeness (QED) is 0.244. The van der Waals surface area contributed by atoms with Crippen molar-refractivity contribution < 1.29 is 24.1 Å². The lowest BCUT2D eigenvalue weighted by atomic mass is 9.80. The fourth-order valence-electron chi connectivity index (χ4n) is 6.07. The molecule has 0 radical (unpaired) electrons. The van der Waals surface area contributed by atoms with Gasteiger partial charge in [0.25, 0.3) is 0 Å². The van der Waals surface area contributed by atoms with Gasteiger partial charge in [0.2, 0.25) is 0 Å². The average Bonchev–Trinajstić information content (AvgIpc) is 3.80. The number of aromatic nitrogens is 6. The number of aliphatic hydroxyl groups is 1. The first kappa shape index (κ1) is 28.0. The van der Waals surface area contributed by atoms with E-state index < -0.39 is 24.0 Å².